The van der Waals surface area contributed by atoms with Crippen LogP contribution in [-0.2, 0) is 0 Å². The Kier molecular flexibility index (Phi) is 5.78. The Morgan fingerprint density at radius 1 is 1.17 bits per heavy atom. The summed E-state index contributed by atoms with van der Waals surface area (Å²) in [5.41, 5.74) is 7.77. The van der Waals surface area contributed by atoms with E-state index in [1.54, 1.807) is 7.11 Å². The number of anilines is 2. The van der Waals surface area contributed by atoms with Crippen molar-refractivity contribution < 1.29 is 4.74 Å². The van der Waals surface area contributed by atoms with Gasteiger partial charge in [-0.05, 0) is 40.1 Å². The number of rotatable bonds is 7. The Morgan fingerprint density at radius 3 is 2.44 bits per heavy atom. The number of hydrogen-bond acceptors (Lipinski definition) is 4. The monoisotopic (exact) mass is 251 g/mol. The average molecular weight is 251 g/mol. The number of methoxy groups -OCH3 is 1. The second-order valence-electron chi connectivity index (χ2n) is 4.70. The second-order valence-corrected chi connectivity index (χ2v) is 4.70. The van der Waals surface area contributed by atoms with Gasteiger partial charge in [-0.3, -0.25) is 0 Å². The van der Waals surface area contributed by atoms with Crippen molar-refractivity contribution in [1.29, 1.82) is 0 Å². The second kappa shape index (κ2) is 7.11. The normalized spacial score (nSPS) is 10.7. The molecule has 0 atom stereocenters. The maximum atomic E-state index is 5.89. The van der Waals surface area contributed by atoms with E-state index in [1.165, 1.54) is 0 Å². The Labute approximate surface area is 110 Å². The molecular weight excluding hydrogens is 226 g/mol. The molecule has 1 rings (SSSR count). The molecule has 0 bridgehead atoms. The van der Waals surface area contributed by atoms with Gasteiger partial charge in [-0.1, -0.05) is 0 Å². The topological polar surface area (TPSA) is 41.7 Å². The summed E-state index contributed by atoms with van der Waals surface area (Å²) in [7, 11) is 5.86. The third kappa shape index (κ3) is 4.45. The summed E-state index contributed by atoms with van der Waals surface area (Å²) in [6, 6.07) is 5.88. The van der Waals surface area contributed by atoms with Crippen LogP contribution in [0.15, 0.2) is 18.2 Å². The van der Waals surface area contributed by atoms with Crippen LogP contribution in [0.2, 0.25) is 0 Å². The fraction of sp³-hybridized carbons (Fsp3) is 0.571. The maximum Gasteiger partial charge on any atom is 0.122 e. The summed E-state index contributed by atoms with van der Waals surface area (Å²) in [5.74, 6) is 0.816. The van der Waals surface area contributed by atoms with Crippen molar-refractivity contribution in [3.8, 4) is 5.75 Å². The van der Waals surface area contributed by atoms with Crippen molar-refractivity contribution >= 4 is 11.4 Å². The molecule has 4 heteroatoms. The van der Waals surface area contributed by atoms with Crippen LogP contribution >= 0.6 is 0 Å². The van der Waals surface area contributed by atoms with Gasteiger partial charge in [-0.15, -0.1) is 0 Å². The number of nitrogens with two attached hydrogens (primary N) is 1. The summed E-state index contributed by atoms with van der Waals surface area (Å²) in [5, 5.41) is 0. The number of nitrogens with zero attached hydrogens (tertiary/aromatic N) is 2. The molecule has 0 amide bonds. The van der Waals surface area contributed by atoms with E-state index in [1.807, 2.05) is 18.2 Å². The highest BCUT2D eigenvalue weighted by Crippen LogP contribution is 2.25. The molecule has 0 aromatic heterocycles. The Balaban J connectivity index is 2.71. The third-order valence-electron chi connectivity index (χ3n) is 2.93. The molecule has 0 aliphatic carbocycles. The lowest BCUT2D eigenvalue weighted by Gasteiger charge is -2.24. The first kappa shape index (κ1) is 14.6. The first-order chi connectivity index (χ1) is 8.56. The Hall–Kier alpha value is -1.42. The minimum absolute atomic E-state index is 0.746. The van der Waals surface area contributed by atoms with Crippen molar-refractivity contribution in [2.45, 2.75) is 13.3 Å². The van der Waals surface area contributed by atoms with E-state index in [9.17, 15) is 0 Å². The molecular formula is C14H25N3O. The van der Waals surface area contributed by atoms with E-state index in [4.69, 9.17) is 10.5 Å². The summed E-state index contributed by atoms with van der Waals surface area (Å²) in [4.78, 5) is 4.52. The predicted molar refractivity (Wildman–Crippen MR) is 78.5 cm³/mol. The predicted octanol–water partition coefficient (Wildman–Crippen LogP) is 2.06. The van der Waals surface area contributed by atoms with Gasteiger partial charge >= 0.3 is 0 Å². The molecule has 0 saturated carbocycles. The molecule has 1 aromatic rings. The Bertz CT molecular complexity index is 366. The minimum Gasteiger partial charge on any atom is -0.497 e. The highest BCUT2D eigenvalue weighted by Gasteiger charge is 2.07. The zero-order chi connectivity index (χ0) is 13.5. The van der Waals surface area contributed by atoms with E-state index in [-0.39, 0.29) is 0 Å². The molecule has 2 N–H and O–H groups in total. The quantitative estimate of drug-likeness (QED) is 0.753. The molecule has 0 spiro atoms. The number of ether oxygens (including phenoxy) is 1. The van der Waals surface area contributed by atoms with Crippen LogP contribution in [0, 0.1) is 0 Å². The number of benzene rings is 1. The van der Waals surface area contributed by atoms with Gasteiger partial charge in [-0.25, -0.2) is 0 Å². The van der Waals surface area contributed by atoms with Crippen molar-refractivity contribution in [2.75, 3.05) is 51.5 Å². The SMILES string of the molecule is CCN(CCCN(C)C)c1cc(N)cc(OC)c1. The third-order valence-corrected chi connectivity index (χ3v) is 2.93. The highest BCUT2D eigenvalue weighted by atomic mass is 16.5. The summed E-state index contributed by atoms with van der Waals surface area (Å²) >= 11 is 0. The van der Waals surface area contributed by atoms with Gasteiger partial charge in [-0.2, -0.15) is 0 Å². The van der Waals surface area contributed by atoms with Crippen molar-refractivity contribution in [1.82, 2.24) is 4.90 Å². The van der Waals surface area contributed by atoms with Gasteiger partial charge in [0.15, 0.2) is 0 Å². The Morgan fingerprint density at radius 2 is 1.89 bits per heavy atom. The maximum absolute atomic E-state index is 5.89. The standard InChI is InChI=1S/C14H25N3O/c1-5-17(8-6-7-16(2)3)13-9-12(15)10-14(11-13)18-4/h9-11H,5-8,15H2,1-4H3. The minimum atomic E-state index is 0.746. The van der Waals surface area contributed by atoms with Gasteiger partial charge in [0.25, 0.3) is 0 Å². The highest BCUT2D eigenvalue weighted by molar-refractivity contribution is 5.60. The van der Waals surface area contributed by atoms with Gasteiger partial charge in [0.1, 0.15) is 5.75 Å². The summed E-state index contributed by atoms with van der Waals surface area (Å²) in [6.45, 7) is 5.25. The molecule has 0 saturated heterocycles. The fourth-order valence-electron chi connectivity index (χ4n) is 1.95. The van der Waals surface area contributed by atoms with Crippen LogP contribution in [0.5, 0.6) is 5.75 Å². The van der Waals surface area contributed by atoms with Crippen molar-refractivity contribution in [3.63, 3.8) is 0 Å². The molecule has 0 fully saturated rings. The van der Waals surface area contributed by atoms with Crippen LogP contribution < -0.4 is 15.4 Å². The van der Waals surface area contributed by atoms with E-state index >= 15 is 0 Å². The first-order valence-electron chi connectivity index (χ1n) is 6.41. The van der Waals surface area contributed by atoms with E-state index < -0.39 is 0 Å². The largest absolute Gasteiger partial charge is 0.497 e. The molecule has 0 unspecified atom stereocenters. The van der Waals surface area contributed by atoms with Gasteiger partial charge in [0.2, 0.25) is 0 Å². The van der Waals surface area contributed by atoms with Gasteiger partial charge in [0, 0.05) is 36.6 Å². The molecule has 0 aliphatic heterocycles. The van der Waals surface area contributed by atoms with Gasteiger partial charge < -0.3 is 20.3 Å². The molecule has 0 aliphatic rings. The molecule has 0 radical (unpaired) electrons. The fourth-order valence-corrected chi connectivity index (χ4v) is 1.95. The zero-order valence-corrected chi connectivity index (χ0v) is 11.9. The smallest absolute Gasteiger partial charge is 0.122 e. The average Bonchev–Trinajstić information content (AvgIpc) is 2.33. The van der Waals surface area contributed by atoms with Crippen LogP contribution in [0.3, 0.4) is 0 Å². The molecule has 18 heavy (non-hydrogen) atoms. The summed E-state index contributed by atoms with van der Waals surface area (Å²) in [6.07, 6.45) is 1.14. The first-order valence-corrected chi connectivity index (χ1v) is 6.41. The van der Waals surface area contributed by atoms with Crippen molar-refractivity contribution in [2.24, 2.45) is 0 Å². The van der Waals surface area contributed by atoms with Crippen LogP contribution in [0.4, 0.5) is 11.4 Å². The molecule has 0 heterocycles. The molecule has 102 valence electrons. The summed E-state index contributed by atoms with van der Waals surface area (Å²) < 4.78 is 5.26. The zero-order valence-electron chi connectivity index (χ0n) is 11.9. The number of nitrogen functional groups attached to an aromatic ring is 1. The van der Waals surface area contributed by atoms with Crippen molar-refractivity contribution in [3.05, 3.63) is 18.2 Å². The van der Waals surface area contributed by atoms with E-state index in [2.05, 4.69) is 30.8 Å². The van der Waals surface area contributed by atoms with Crippen LogP contribution in [0.25, 0.3) is 0 Å². The van der Waals surface area contributed by atoms with Crippen LogP contribution in [-0.4, -0.2) is 45.7 Å². The van der Waals surface area contributed by atoms with Crippen LogP contribution in [0.1, 0.15) is 13.3 Å². The number of hydrogen-bond donors (Lipinski definition) is 1. The molecule has 4 nitrogen and oxygen atoms in total. The lowest BCUT2D eigenvalue weighted by Crippen LogP contribution is -2.27. The molecule has 1 aromatic carbocycles. The van der Waals surface area contributed by atoms with E-state index in [0.717, 1.165) is 43.2 Å². The lowest BCUT2D eigenvalue weighted by atomic mass is 10.2. The van der Waals surface area contributed by atoms with Gasteiger partial charge in [0.05, 0.1) is 7.11 Å². The lowest BCUT2D eigenvalue weighted by molar-refractivity contribution is 0.400. The van der Waals surface area contributed by atoms with E-state index in [0.29, 0.717) is 0 Å².